The van der Waals surface area contributed by atoms with Crippen LogP contribution in [0.5, 0.6) is 40.2 Å². The molecule has 14 heteroatoms. The van der Waals surface area contributed by atoms with Gasteiger partial charge in [0.1, 0.15) is 28.7 Å². The maximum absolute atomic E-state index is 16.4. The highest BCUT2D eigenvalue weighted by molar-refractivity contribution is 7.85. The summed E-state index contributed by atoms with van der Waals surface area (Å²) in [5.74, 6) is 1.53. The number of methoxy groups -OCH3 is 1. The number of hydrogen-bond donors (Lipinski definition) is 0. The van der Waals surface area contributed by atoms with Crippen molar-refractivity contribution in [2.45, 2.75) is 0 Å². The summed E-state index contributed by atoms with van der Waals surface area (Å²) in [5.41, 5.74) is 0.735. The molecule has 0 N–H and O–H groups in total. The summed E-state index contributed by atoms with van der Waals surface area (Å²) in [7, 11) is -7.37. The molecule has 0 saturated carbocycles. The van der Waals surface area contributed by atoms with Crippen molar-refractivity contribution in [3.63, 3.8) is 0 Å². The molecule has 0 spiro atoms. The lowest BCUT2D eigenvalue weighted by molar-refractivity contribution is 0.111. The van der Waals surface area contributed by atoms with Gasteiger partial charge in [-0.15, -0.1) is 0 Å². The van der Waals surface area contributed by atoms with Crippen LogP contribution in [0, 0.1) is 0 Å². The molecule has 0 radical (unpaired) electrons. The third kappa shape index (κ3) is 9.41. The number of carbonyl (C=O) groups excluding carboxylic acids is 3. The van der Waals surface area contributed by atoms with E-state index in [4.69, 9.17) is 31.9 Å². The largest absolute Gasteiger partial charge is 0.530 e. The first-order chi connectivity index (χ1) is 29.4. The molecule has 60 heavy (non-hydrogen) atoms. The molecule has 7 aromatic carbocycles. The van der Waals surface area contributed by atoms with E-state index in [1.54, 1.807) is 170 Å². The molecule has 300 valence electrons. The van der Waals surface area contributed by atoms with E-state index in [9.17, 15) is 14.4 Å². The van der Waals surface area contributed by atoms with Crippen molar-refractivity contribution >= 4 is 59.1 Å². The molecule has 0 saturated heterocycles. The Bertz CT molecular complexity index is 2590. The zero-order valence-corrected chi connectivity index (χ0v) is 34.5. The molecule has 7 rings (SSSR count). The molecular weight excluding hydrogens is 821 g/mol. The molecule has 0 amide bonds. The number of ether oxygens (including phenoxy) is 1. The Morgan fingerprint density at radius 3 is 1.07 bits per heavy atom. The SMILES string of the molecule is COc1ccccc1OP(Oc1ccccc1C=O)Oc1ccccc1P(=O)(c1ccccc1)c1ccccc1OP(Oc1ccccc1C=O)Oc1ccccc1C=O. The predicted octanol–water partition coefficient (Wildman–Crippen LogP) is 10.3. The summed E-state index contributed by atoms with van der Waals surface area (Å²) in [6.07, 6.45) is 1.95. The predicted molar refractivity (Wildman–Crippen MR) is 232 cm³/mol. The first-order valence-corrected chi connectivity index (χ1v) is 22.1. The minimum Gasteiger partial charge on any atom is -0.493 e. The van der Waals surface area contributed by atoms with Crippen LogP contribution in [0.2, 0.25) is 0 Å². The molecule has 0 aliphatic heterocycles. The maximum Gasteiger partial charge on any atom is 0.530 e. The van der Waals surface area contributed by atoms with Gasteiger partial charge in [0.25, 0.3) is 0 Å². The Kier molecular flexibility index (Phi) is 13.7. The number of carbonyl (C=O) groups is 3. The molecule has 0 heterocycles. The van der Waals surface area contributed by atoms with Gasteiger partial charge in [0, 0.05) is 5.30 Å². The lowest BCUT2D eigenvalue weighted by Gasteiger charge is -2.26. The van der Waals surface area contributed by atoms with Gasteiger partial charge in [-0.25, -0.2) is 0 Å². The van der Waals surface area contributed by atoms with Crippen LogP contribution in [-0.4, -0.2) is 26.0 Å². The summed E-state index contributed by atoms with van der Waals surface area (Å²) in [5, 5.41) is 0.948. The van der Waals surface area contributed by atoms with Gasteiger partial charge in [-0.3, -0.25) is 14.4 Å². The van der Waals surface area contributed by atoms with Gasteiger partial charge in [-0.1, -0.05) is 103 Å². The molecular formula is C46H35O11P3. The third-order valence-electron chi connectivity index (χ3n) is 8.77. The van der Waals surface area contributed by atoms with Crippen LogP contribution >= 0.6 is 24.3 Å². The minimum absolute atomic E-state index is 0.126. The molecule has 0 aliphatic rings. The fourth-order valence-corrected chi connectivity index (χ4v) is 11.1. The average molecular weight is 857 g/mol. The van der Waals surface area contributed by atoms with Crippen LogP contribution in [0.4, 0.5) is 0 Å². The summed E-state index contributed by atoms with van der Waals surface area (Å²) >= 11 is 0. The van der Waals surface area contributed by atoms with E-state index in [-0.39, 0.29) is 56.0 Å². The molecule has 2 atom stereocenters. The molecule has 0 aliphatic carbocycles. The van der Waals surface area contributed by atoms with Crippen LogP contribution in [0.15, 0.2) is 176 Å². The highest BCUT2D eigenvalue weighted by atomic mass is 31.2. The van der Waals surface area contributed by atoms with E-state index in [1.165, 1.54) is 7.11 Å². The van der Waals surface area contributed by atoms with E-state index in [0.717, 1.165) is 0 Å². The standard InChI is InChI=1S/C46H35O11P3/c1-51-41-25-11-12-26-42(41)55-59(54-40-24-10-7-19-36(40)33-49)57-44-28-14-16-30-46(44)60(50,37-20-3-2-4-21-37)45-29-15-13-27-43(45)56-58(52-38-22-8-5-17-34(38)31-47)53-39-23-9-6-18-35(39)32-48/h2-33H,1H3. The van der Waals surface area contributed by atoms with Gasteiger partial charge in [-0.2, -0.15) is 0 Å². The van der Waals surface area contributed by atoms with Crippen LogP contribution in [0.3, 0.4) is 0 Å². The Morgan fingerprint density at radius 1 is 0.367 bits per heavy atom. The Balaban J connectivity index is 1.34. The van der Waals surface area contributed by atoms with Crippen LogP contribution < -0.4 is 47.8 Å². The minimum atomic E-state index is -4.00. The highest BCUT2D eigenvalue weighted by Crippen LogP contribution is 2.53. The number of para-hydroxylation sites is 7. The van der Waals surface area contributed by atoms with E-state index in [1.807, 2.05) is 6.07 Å². The van der Waals surface area contributed by atoms with Gasteiger partial charge in [0.05, 0.1) is 34.4 Å². The average Bonchev–Trinajstić information content (AvgIpc) is 3.30. The lowest BCUT2D eigenvalue weighted by atomic mass is 10.2. The van der Waals surface area contributed by atoms with Crippen molar-refractivity contribution in [2.75, 3.05) is 7.11 Å². The molecule has 2 unspecified atom stereocenters. The van der Waals surface area contributed by atoms with Crippen LogP contribution in [0.1, 0.15) is 31.1 Å². The first kappa shape index (κ1) is 41.4. The third-order valence-corrected chi connectivity index (χ3v) is 14.0. The van der Waals surface area contributed by atoms with Crippen LogP contribution in [-0.2, 0) is 4.57 Å². The van der Waals surface area contributed by atoms with Gasteiger partial charge in [0.15, 0.2) is 37.5 Å². The van der Waals surface area contributed by atoms with Crippen molar-refractivity contribution in [1.82, 2.24) is 0 Å². The molecule has 0 bridgehead atoms. The Labute approximate surface area is 348 Å². The quantitative estimate of drug-likeness (QED) is 0.0568. The Morgan fingerprint density at radius 2 is 0.667 bits per heavy atom. The smallest absolute Gasteiger partial charge is 0.493 e. The Hall–Kier alpha value is -6.76. The first-order valence-electron chi connectivity index (χ1n) is 18.2. The summed E-state index contributed by atoms with van der Waals surface area (Å²) in [6, 6.07) is 49.1. The summed E-state index contributed by atoms with van der Waals surface area (Å²) < 4.78 is 60.2. The zero-order valence-electron chi connectivity index (χ0n) is 31.8. The monoisotopic (exact) mass is 856 g/mol. The van der Waals surface area contributed by atoms with Gasteiger partial charge in [0.2, 0.25) is 0 Å². The van der Waals surface area contributed by atoms with E-state index in [2.05, 4.69) is 0 Å². The molecule has 11 nitrogen and oxygen atoms in total. The van der Waals surface area contributed by atoms with Crippen LogP contribution in [0.25, 0.3) is 0 Å². The fourth-order valence-electron chi connectivity index (χ4n) is 5.91. The number of rotatable bonds is 19. The van der Waals surface area contributed by atoms with E-state index in [0.29, 0.717) is 35.7 Å². The van der Waals surface area contributed by atoms with Crippen molar-refractivity contribution in [3.8, 4) is 40.2 Å². The van der Waals surface area contributed by atoms with Gasteiger partial charge in [-0.05, 0) is 72.8 Å². The summed E-state index contributed by atoms with van der Waals surface area (Å²) in [6.45, 7) is 0. The summed E-state index contributed by atoms with van der Waals surface area (Å²) in [4.78, 5) is 36.1. The maximum atomic E-state index is 16.4. The van der Waals surface area contributed by atoms with Crippen molar-refractivity contribution in [3.05, 3.63) is 193 Å². The van der Waals surface area contributed by atoms with Crippen molar-refractivity contribution in [1.29, 1.82) is 0 Å². The van der Waals surface area contributed by atoms with Gasteiger partial charge >= 0.3 is 17.2 Å². The normalized spacial score (nSPS) is 12.2. The highest BCUT2D eigenvalue weighted by Gasteiger charge is 2.38. The van der Waals surface area contributed by atoms with Gasteiger partial charge < -0.3 is 36.4 Å². The van der Waals surface area contributed by atoms with E-state index < -0.39 is 24.3 Å². The van der Waals surface area contributed by atoms with Crippen molar-refractivity contribution in [2.24, 2.45) is 0 Å². The lowest BCUT2D eigenvalue weighted by Crippen LogP contribution is -2.27. The fraction of sp³-hybridized carbons (Fsp3) is 0.0217. The topological polar surface area (TPSA) is 133 Å². The number of benzene rings is 7. The second-order valence-electron chi connectivity index (χ2n) is 12.5. The van der Waals surface area contributed by atoms with Crippen molar-refractivity contribution < 1.29 is 50.8 Å². The molecule has 7 aromatic rings. The number of aldehydes is 3. The molecule has 0 fully saturated rings. The van der Waals surface area contributed by atoms with E-state index >= 15 is 4.57 Å². The zero-order chi connectivity index (χ0) is 41.7. The molecule has 0 aromatic heterocycles. The number of hydrogen-bond acceptors (Lipinski definition) is 11. The second-order valence-corrected chi connectivity index (χ2v) is 17.2. The second kappa shape index (κ2) is 19.8.